The molecule has 0 aromatic carbocycles. The predicted molar refractivity (Wildman–Crippen MR) is 72.5 cm³/mol. The largest absolute Gasteiger partial charge is 0.480 e. The molecule has 10 heteroatoms. The van der Waals surface area contributed by atoms with E-state index in [0.717, 1.165) is 0 Å². The van der Waals surface area contributed by atoms with Crippen LogP contribution in [0.3, 0.4) is 0 Å². The van der Waals surface area contributed by atoms with Crippen LogP contribution in [0.4, 0.5) is 0 Å². The van der Waals surface area contributed by atoms with E-state index < -0.39 is 55.4 Å². The molecule has 1 saturated heterocycles. The Labute approximate surface area is 127 Å². The second kappa shape index (κ2) is 8.70. The molecule has 1 aliphatic rings. The molecule has 9 N–H and O–H groups in total. The van der Waals surface area contributed by atoms with Crippen molar-refractivity contribution in [2.45, 2.75) is 55.7 Å². The molecule has 3 unspecified atom stereocenters. The summed E-state index contributed by atoms with van der Waals surface area (Å²) < 4.78 is 10.6. The zero-order valence-electron chi connectivity index (χ0n) is 12.0. The first-order chi connectivity index (χ1) is 10.3. The van der Waals surface area contributed by atoms with Gasteiger partial charge in [-0.2, -0.15) is 0 Å². The second-order valence-electron chi connectivity index (χ2n) is 5.21. The van der Waals surface area contributed by atoms with Crippen LogP contribution in [0.5, 0.6) is 0 Å². The fourth-order valence-corrected chi connectivity index (χ4v) is 2.10. The zero-order chi connectivity index (χ0) is 16.9. The van der Waals surface area contributed by atoms with Gasteiger partial charge in [0, 0.05) is 6.54 Å². The summed E-state index contributed by atoms with van der Waals surface area (Å²) >= 11 is 0. The lowest BCUT2D eigenvalue weighted by atomic mass is 9.99. The van der Waals surface area contributed by atoms with Crippen LogP contribution in [0.1, 0.15) is 12.8 Å². The summed E-state index contributed by atoms with van der Waals surface area (Å²) in [6.45, 7) is -0.552. The minimum atomic E-state index is -1.55. The van der Waals surface area contributed by atoms with Gasteiger partial charge < -0.3 is 46.5 Å². The number of nitrogens with two attached hydrogens (primary N) is 2. The Morgan fingerprint density at radius 2 is 1.82 bits per heavy atom. The van der Waals surface area contributed by atoms with Crippen molar-refractivity contribution in [3.8, 4) is 0 Å². The molecule has 0 aliphatic carbocycles. The van der Waals surface area contributed by atoms with Crippen molar-refractivity contribution in [1.82, 2.24) is 0 Å². The van der Waals surface area contributed by atoms with Gasteiger partial charge in [0.1, 0.15) is 30.5 Å². The number of aliphatic hydroxyl groups excluding tert-OH is 4. The van der Waals surface area contributed by atoms with E-state index in [4.69, 9.17) is 31.2 Å². The van der Waals surface area contributed by atoms with Gasteiger partial charge in [0.25, 0.3) is 0 Å². The SMILES string of the molecule is NCC(CCC(N)C(=O)O)O[C@@H]1O[C@H](CO)C(O)[C@H](O)[C@H]1O. The molecule has 1 heterocycles. The van der Waals surface area contributed by atoms with Gasteiger partial charge in [-0.15, -0.1) is 0 Å². The smallest absolute Gasteiger partial charge is 0.320 e. The first-order valence-corrected chi connectivity index (χ1v) is 6.96. The van der Waals surface area contributed by atoms with E-state index in [9.17, 15) is 20.1 Å². The molecule has 1 aliphatic heterocycles. The summed E-state index contributed by atoms with van der Waals surface area (Å²) in [6.07, 6.45) is -7.28. The fourth-order valence-electron chi connectivity index (χ4n) is 2.10. The molecule has 0 spiro atoms. The summed E-state index contributed by atoms with van der Waals surface area (Å²) in [4.78, 5) is 10.7. The molecule has 0 bridgehead atoms. The lowest BCUT2D eigenvalue weighted by Crippen LogP contribution is -2.60. The van der Waals surface area contributed by atoms with E-state index in [2.05, 4.69) is 0 Å². The number of carboxylic acids is 1. The Hall–Kier alpha value is -0.850. The molecule has 7 atom stereocenters. The third-order valence-electron chi connectivity index (χ3n) is 3.55. The van der Waals surface area contributed by atoms with Crippen molar-refractivity contribution in [2.75, 3.05) is 13.2 Å². The molecule has 1 rings (SSSR count). The lowest BCUT2D eigenvalue weighted by Gasteiger charge is -2.40. The first kappa shape index (κ1) is 19.2. The highest BCUT2D eigenvalue weighted by atomic mass is 16.7. The molecule has 22 heavy (non-hydrogen) atoms. The second-order valence-corrected chi connectivity index (χ2v) is 5.21. The van der Waals surface area contributed by atoms with Gasteiger partial charge in [-0.3, -0.25) is 4.79 Å². The molecule has 0 saturated carbocycles. The van der Waals surface area contributed by atoms with E-state index in [0.29, 0.717) is 0 Å². The molecule has 0 amide bonds. The summed E-state index contributed by atoms with van der Waals surface area (Å²) in [5.41, 5.74) is 10.9. The Kier molecular flexibility index (Phi) is 7.59. The minimum absolute atomic E-state index is 0.0152. The highest BCUT2D eigenvalue weighted by Crippen LogP contribution is 2.23. The summed E-state index contributed by atoms with van der Waals surface area (Å²) in [6, 6.07) is -1.06. The van der Waals surface area contributed by atoms with Crippen molar-refractivity contribution in [3.05, 3.63) is 0 Å². The van der Waals surface area contributed by atoms with Crippen molar-refractivity contribution in [2.24, 2.45) is 11.5 Å². The normalized spacial score (nSPS) is 35.1. The van der Waals surface area contributed by atoms with Crippen LogP contribution in [-0.2, 0) is 14.3 Å². The highest BCUT2D eigenvalue weighted by molar-refractivity contribution is 5.72. The van der Waals surface area contributed by atoms with Crippen molar-refractivity contribution < 1.29 is 39.8 Å². The zero-order valence-corrected chi connectivity index (χ0v) is 12.0. The van der Waals surface area contributed by atoms with Crippen LogP contribution in [-0.4, -0.2) is 87.5 Å². The van der Waals surface area contributed by atoms with Crippen LogP contribution < -0.4 is 11.5 Å². The maximum Gasteiger partial charge on any atom is 0.320 e. The molecule has 0 aromatic rings. The van der Waals surface area contributed by atoms with Gasteiger partial charge in [0.05, 0.1) is 12.7 Å². The Morgan fingerprint density at radius 3 is 2.32 bits per heavy atom. The van der Waals surface area contributed by atoms with Gasteiger partial charge in [-0.05, 0) is 12.8 Å². The maximum absolute atomic E-state index is 10.7. The van der Waals surface area contributed by atoms with Crippen molar-refractivity contribution >= 4 is 5.97 Å². The maximum atomic E-state index is 10.7. The number of carbonyl (C=O) groups is 1. The van der Waals surface area contributed by atoms with Crippen LogP contribution in [0, 0.1) is 0 Å². The fraction of sp³-hybridized carbons (Fsp3) is 0.917. The number of aliphatic carboxylic acids is 1. The molecular weight excluding hydrogens is 300 g/mol. The van der Waals surface area contributed by atoms with Crippen molar-refractivity contribution in [3.63, 3.8) is 0 Å². The monoisotopic (exact) mass is 324 g/mol. The number of rotatable bonds is 8. The number of hydrogen-bond acceptors (Lipinski definition) is 9. The summed E-state index contributed by atoms with van der Waals surface area (Å²) in [5, 5.41) is 46.9. The van der Waals surface area contributed by atoms with Crippen molar-refractivity contribution in [1.29, 1.82) is 0 Å². The molecule has 1 fully saturated rings. The van der Waals surface area contributed by atoms with Gasteiger partial charge >= 0.3 is 5.97 Å². The van der Waals surface area contributed by atoms with Crippen LogP contribution in [0.2, 0.25) is 0 Å². The highest BCUT2D eigenvalue weighted by Gasteiger charge is 2.44. The van der Waals surface area contributed by atoms with E-state index in [1.807, 2.05) is 0 Å². The lowest BCUT2D eigenvalue weighted by molar-refractivity contribution is -0.310. The van der Waals surface area contributed by atoms with Gasteiger partial charge in [0.2, 0.25) is 0 Å². The molecule has 0 aromatic heterocycles. The Bertz CT molecular complexity index is 356. The molecular formula is C12H24N2O8. The summed E-state index contributed by atoms with van der Waals surface area (Å²) in [7, 11) is 0. The van der Waals surface area contributed by atoms with E-state index >= 15 is 0 Å². The quantitative estimate of drug-likeness (QED) is 0.234. The van der Waals surface area contributed by atoms with Gasteiger partial charge in [-0.25, -0.2) is 0 Å². The summed E-state index contributed by atoms with van der Waals surface area (Å²) in [5.74, 6) is -1.15. The molecule has 10 nitrogen and oxygen atoms in total. The predicted octanol–water partition coefficient (Wildman–Crippen LogP) is -3.68. The molecule has 0 radical (unpaired) electrons. The third kappa shape index (κ3) is 4.83. The average molecular weight is 324 g/mol. The Morgan fingerprint density at radius 1 is 1.18 bits per heavy atom. The van der Waals surface area contributed by atoms with Crippen LogP contribution in [0.25, 0.3) is 0 Å². The topological polar surface area (TPSA) is 189 Å². The van der Waals surface area contributed by atoms with Crippen LogP contribution >= 0.6 is 0 Å². The van der Waals surface area contributed by atoms with Gasteiger partial charge in [-0.1, -0.05) is 0 Å². The number of ether oxygens (including phenoxy) is 2. The number of carboxylic acid groups (broad SMARTS) is 1. The Balaban J connectivity index is 2.59. The first-order valence-electron chi connectivity index (χ1n) is 6.96. The van der Waals surface area contributed by atoms with E-state index in [-0.39, 0.29) is 19.4 Å². The number of aliphatic hydroxyl groups is 4. The van der Waals surface area contributed by atoms with Gasteiger partial charge in [0.15, 0.2) is 6.29 Å². The standard InChI is InChI=1S/C12H24N2O8/c13-3-5(1-2-6(14)11(19)20)21-12-10(18)9(17)8(16)7(4-15)22-12/h5-10,12,15-18H,1-4,13-14H2,(H,19,20)/t5?,6?,7-,8?,9+,10-,12-/m1/s1. The molecule has 130 valence electrons. The number of hydrogen-bond donors (Lipinski definition) is 7. The van der Waals surface area contributed by atoms with E-state index in [1.54, 1.807) is 0 Å². The minimum Gasteiger partial charge on any atom is -0.480 e. The van der Waals surface area contributed by atoms with Crippen LogP contribution in [0.15, 0.2) is 0 Å². The van der Waals surface area contributed by atoms with E-state index in [1.165, 1.54) is 0 Å². The third-order valence-corrected chi connectivity index (χ3v) is 3.55. The average Bonchev–Trinajstić information content (AvgIpc) is 2.50.